The van der Waals surface area contributed by atoms with E-state index in [-0.39, 0.29) is 12.0 Å². The predicted octanol–water partition coefficient (Wildman–Crippen LogP) is 3.09. The zero-order valence-corrected chi connectivity index (χ0v) is 16.5. The Bertz CT molecular complexity index is 423. The first-order valence-corrected chi connectivity index (χ1v) is 8.73. The molecule has 0 aliphatic carbocycles. The van der Waals surface area contributed by atoms with Gasteiger partial charge in [-0.25, -0.2) is 18.6 Å². The fraction of sp³-hybridized carbons (Fsp3) is 0.882. The average Bonchev–Trinajstić information content (AvgIpc) is 2.44. The Morgan fingerprint density at radius 1 is 1.28 bits per heavy atom. The molecule has 6 nitrogen and oxygen atoms in total. The van der Waals surface area contributed by atoms with Crippen molar-refractivity contribution in [2.24, 2.45) is 10.9 Å². The highest BCUT2D eigenvalue weighted by Crippen LogP contribution is 2.11. The molecule has 0 rings (SSSR count). The van der Waals surface area contributed by atoms with E-state index in [1.165, 1.54) is 0 Å². The van der Waals surface area contributed by atoms with E-state index in [2.05, 4.69) is 15.6 Å². The Morgan fingerprint density at radius 3 is 2.32 bits per heavy atom. The van der Waals surface area contributed by atoms with Gasteiger partial charge in [-0.15, -0.1) is 0 Å². The number of halogens is 2. The highest BCUT2D eigenvalue weighted by Gasteiger charge is 2.22. The van der Waals surface area contributed by atoms with Crippen molar-refractivity contribution in [3.8, 4) is 0 Å². The number of amides is 1. The van der Waals surface area contributed by atoms with Crippen molar-refractivity contribution in [3.05, 3.63) is 0 Å². The molecule has 0 heterocycles. The number of alkyl halides is 2. The molecule has 1 unspecified atom stereocenters. The van der Waals surface area contributed by atoms with E-state index in [0.29, 0.717) is 25.5 Å². The summed E-state index contributed by atoms with van der Waals surface area (Å²) in [7, 11) is 1.79. The average molecular weight is 364 g/mol. The second-order valence-electron chi connectivity index (χ2n) is 7.29. The highest BCUT2D eigenvalue weighted by atomic mass is 19.3. The van der Waals surface area contributed by atoms with Crippen molar-refractivity contribution in [1.82, 2.24) is 15.5 Å². The Kier molecular flexibility index (Phi) is 10.4. The second-order valence-corrected chi connectivity index (χ2v) is 7.29. The minimum Gasteiger partial charge on any atom is -0.444 e. The van der Waals surface area contributed by atoms with Gasteiger partial charge in [0, 0.05) is 26.2 Å². The van der Waals surface area contributed by atoms with Crippen LogP contribution in [0.25, 0.3) is 0 Å². The summed E-state index contributed by atoms with van der Waals surface area (Å²) >= 11 is 0. The first-order chi connectivity index (χ1) is 11.5. The van der Waals surface area contributed by atoms with Crippen LogP contribution in [0.5, 0.6) is 0 Å². The van der Waals surface area contributed by atoms with E-state index in [9.17, 15) is 13.6 Å². The molecule has 148 valence electrons. The SMILES string of the molecule is CCNC(=NCC(F)F)N(C)CCC(NC(=O)OC(C)(C)C)C(C)C. The Balaban J connectivity index is 4.71. The van der Waals surface area contributed by atoms with Crippen LogP contribution in [0.2, 0.25) is 0 Å². The molecule has 0 spiro atoms. The number of carbonyl (C=O) groups excluding carboxylic acids is 1. The van der Waals surface area contributed by atoms with Crippen molar-refractivity contribution >= 4 is 12.1 Å². The fourth-order valence-electron chi connectivity index (χ4n) is 2.09. The van der Waals surface area contributed by atoms with Crippen molar-refractivity contribution in [2.45, 2.75) is 66.0 Å². The topological polar surface area (TPSA) is 66.0 Å². The summed E-state index contributed by atoms with van der Waals surface area (Å²) in [4.78, 5) is 17.7. The van der Waals surface area contributed by atoms with E-state index in [0.717, 1.165) is 0 Å². The van der Waals surface area contributed by atoms with Gasteiger partial charge in [0.1, 0.15) is 12.1 Å². The van der Waals surface area contributed by atoms with Crippen molar-refractivity contribution < 1.29 is 18.3 Å². The number of carbonyl (C=O) groups is 1. The van der Waals surface area contributed by atoms with Crippen LogP contribution >= 0.6 is 0 Å². The van der Waals surface area contributed by atoms with Gasteiger partial charge < -0.3 is 20.3 Å². The summed E-state index contributed by atoms with van der Waals surface area (Å²) in [6.07, 6.45) is -2.28. The van der Waals surface area contributed by atoms with E-state index < -0.39 is 24.7 Å². The summed E-state index contributed by atoms with van der Waals surface area (Å²) in [6, 6.07) is -0.0877. The standard InChI is InChI=1S/C17H34F2N4O2/c1-8-20-15(21-11-14(18)19)23(7)10-9-13(12(2)3)22-16(24)25-17(4,5)6/h12-14H,8-11H2,1-7H3,(H,20,21)(H,22,24). The van der Waals surface area contributed by atoms with Gasteiger partial charge in [0.05, 0.1) is 0 Å². The number of hydrogen-bond donors (Lipinski definition) is 2. The normalized spacial score (nSPS) is 13.8. The number of guanidine groups is 1. The zero-order chi connectivity index (χ0) is 19.6. The number of nitrogens with one attached hydrogen (secondary N) is 2. The lowest BCUT2D eigenvalue weighted by Gasteiger charge is -2.28. The fourth-order valence-corrected chi connectivity index (χ4v) is 2.09. The minimum absolute atomic E-state index is 0.0877. The van der Waals surface area contributed by atoms with E-state index >= 15 is 0 Å². The summed E-state index contributed by atoms with van der Waals surface area (Å²) in [5.41, 5.74) is -0.553. The molecule has 0 aromatic heterocycles. The molecule has 0 saturated heterocycles. The number of rotatable bonds is 8. The van der Waals surface area contributed by atoms with Crippen molar-refractivity contribution in [3.63, 3.8) is 0 Å². The van der Waals surface area contributed by atoms with Gasteiger partial charge in [-0.05, 0) is 40.0 Å². The molecule has 2 N–H and O–H groups in total. The molecule has 8 heteroatoms. The van der Waals surface area contributed by atoms with Crippen LogP contribution < -0.4 is 10.6 Å². The van der Waals surface area contributed by atoms with Crippen molar-refractivity contribution in [2.75, 3.05) is 26.7 Å². The molecule has 25 heavy (non-hydrogen) atoms. The van der Waals surface area contributed by atoms with Gasteiger partial charge >= 0.3 is 6.09 Å². The lowest BCUT2D eigenvalue weighted by Crippen LogP contribution is -2.45. The van der Waals surface area contributed by atoms with Gasteiger partial charge in [0.2, 0.25) is 0 Å². The predicted molar refractivity (Wildman–Crippen MR) is 97.2 cm³/mol. The molecule has 0 aliphatic rings. The van der Waals surface area contributed by atoms with E-state index in [1.54, 1.807) is 11.9 Å². The maximum atomic E-state index is 12.4. The molecule has 0 saturated carbocycles. The zero-order valence-electron chi connectivity index (χ0n) is 16.5. The van der Waals surface area contributed by atoms with Gasteiger partial charge in [0.25, 0.3) is 6.43 Å². The largest absolute Gasteiger partial charge is 0.444 e. The van der Waals surface area contributed by atoms with Crippen LogP contribution in [0.15, 0.2) is 4.99 Å². The maximum absolute atomic E-state index is 12.4. The van der Waals surface area contributed by atoms with Crippen LogP contribution in [0.3, 0.4) is 0 Å². The lowest BCUT2D eigenvalue weighted by molar-refractivity contribution is 0.0485. The molecule has 0 bridgehead atoms. The Hall–Kier alpha value is -1.60. The third-order valence-electron chi connectivity index (χ3n) is 3.36. The van der Waals surface area contributed by atoms with Crippen molar-refractivity contribution in [1.29, 1.82) is 0 Å². The Labute approximate surface area is 150 Å². The summed E-state index contributed by atoms with van der Waals surface area (Å²) in [5, 5.41) is 5.87. The molecule has 0 radical (unpaired) electrons. The van der Waals surface area contributed by atoms with Crippen LogP contribution in [-0.2, 0) is 4.74 Å². The summed E-state index contributed by atoms with van der Waals surface area (Å²) in [5.74, 6) is 0.643. The van der Waals surface area contributed by atoms with Crippen LogP contribution in [-0.4, -0.2) is 61.7 Å². The number of hydrogen-bond acceptors (Lipinski definition) is 3. The van der Waals surface area contributed by atoms with Gasteiger partial charge in [0.15, 0.2) is 5.96 Å². The molecular weight excluding hydrogens is 330 g/mol. The molecule has 1 atom stereocenters. The van der Waals surface area contributed by atoms with Gasteiger partial charge in [-0.3, -0.25) is 0 Å². The minimum atomic E-state index is -2.47. The van der Waals surface area contributed by atoms with Crippen LogP contribution in [0.4, 0.5) is 13.6 Å². The summed E-state index contributed by atoms with van der Waals surface area (Å²) in [6.45, 7) is 12.0. The monoisotopic (exact) mass is 364 g/mol. The van der Waals surface area contributed by atoms with Crippen LogP contribution in [0.1, 0.15) is 48.0 Å². The Morgan fingerprint density at radius 2 is 1.88 bits per heavy atom. The second kappa shape index (κ2) is 11.1. The molecule has 0 aromatic rings. The number of aliphatic imine (C=N–C) groups is 1. The van der Waals surface area contributed by atoms with Gasteiger partial charge in [-0.1, -0.05) is 13.8 Å². The maximum Gasteiger partial charge on any atom is 0.407 e. The first-order valence-electron chi connectivity index (χ1n) is 8.73. The summed E-state index contributed by atoms with van der Waals surface area (Å²) < 4.78 is 30.1. The molecular formula is C17H34F2N4O2. The quantitative estimate of drug-likeness (QED) is 0.513. The first kappa shape index (κ1) is 23.4. The third kappa shape index (κ3) is 11.6. The van der Waals surface area contributed by atoms with Crippen LogP contribution in [0, 0.1) is 5.92 Å². The lowest BCUT2D eigenvalue weighted by atomic mass is 10.0. The number of ether oxygens (including phenoxy) is 1. The van der Waals surface area contributed by atoms with E-state index in [1.807, 2.05) is 41.5 Å². The van der Waals surface area contributed by atoms with E-state index in [4.69, 9.17) is 4.74 Å². The van der Waals surface area contributed by atoms with Gasteiger partial charge in [-0.2, -0.15) is 0 Å². The highest BCUT2D eigenvalue weighted by molar-refractivity contribution is 5.79. The molecule has 0 aliphatic heterocycles. The third-order valence-corrected chi connectivity index (χ3v) is 3.36. The molecule has 0 fully saturated rings. The number of nitrogens with zero attached hydrogens (tertiary/aromatic N) is 2. The number of alkyl carbamates (subject to hydrolysis) is 1. The molecule has 1 amide bonds. The molecule has 0 aromatic carbocycles. The smallest absolute Gasteiger partial charge is 0.407 e.